The number of fused-ring (bicyclic) bond motifs is 2. The van der Waals surface area contributed by atoms with Crippen LogP contribution in [0.25, 0.3) is 11.1 Å². The Morgan fingerprint density at radius 3 is 2.71 bits per heavy atom. The number of aromatic nitrogens is 1. The van der Waals surface area contributed by atoms with E-state index >= 15 is 0 Å². The predicted molar refractivity (Wildman–Crippen MR) is 128 cm³/mol. The lowest BCUT2D eigenvalue weighted by Crippen LogP contribution is -2.51. The average molecular weight is 479 g/mol. The maximum Gasteiger partial charge on any atom is 0.268 e. The maximum atomic E-state index is 13.5. The van der Waals surface area contributed by atoms with E-state index < -0.39 is 12.1 Å². The lowest BCUT2D eigenvalue weighted by molar-refractivity contribution is -0.120. The fourth-order valence-electron chi connectivity index (χ4n) is 4.70. The Morgan fingerprint density at radius 2 is 1.97 bits per heavy atom. The zero-order valence-corrected chi connectivity index (χ0v) is 19.4. The summed E-state index contributed by atoms with van der Waals surface area (Å²) in [5, 5.41) is 6.36. The summed E-state index contributed by atoms with van der Waals surface area (Å²) in [7, 11) is 3.35. The third kappa shape index (κ3) is 3.70. The van der Waals surface area contributed by atoms with Crippen molar-refractivity contribution in [1.82, 2.24) is 14.8 Å². The van der Waals surface area contributed by atoms with Crippen LogP contribution in [0.2, 0.25) is 5.02 Å². The minimum absolute atomic E-state index is 0.267. The topological polar surface area (TPSA) is 92.7 Å². The molecule has 1 aromatic heterocycles. The van der Waals surface area contributed by atoms with Crippen molar-refractivity contribution in [3.8, 4) is 16.9 Å². The monoisotopic (exact) mass is 478 g/mol. The maximum absolute atomic E-state index is 13.5. The Hall–Kier alpha value is -3.78. The number of carbonyl (C=O) groups is 3. The molecular weight excluding hydrogens is 456 g/mol. The highest BCUT2D eigenvalue weighted by Crippen LogP contribution is 2.36. The highest BCUT2D eigenvalue weighted by atomic mass is 35.5. The molecule has 2 aromatic carbocycles. The van der Waals surface area contributed by atoms with Crippen LogP contribution < -0.4 is 15.4 Å². The number of benzene rings is 2. The van der Waals surface area contributed by atoms with Crippen LogP contribution in [0.1, 0.15) is 27.3 Å². The zero-order valence-electron chi connectivity index (χ0n) is 18.7. The van der Waals surface area contributed by atoms with Gasteiger partial charge in [0.1, 0.15) is 17.5 Å². The number of nitrogens with zero attached hydrogens (tertiary/aromatic N) is 2. The van der Waals surface area contributed by atoms with E-state index in [0.717, 1.165) is 11.1 Å². The molecule has 0 spiro atoms. The molecule has 1 fully saturated rings. The molecule has 2 atom stereocenters. The lowest BCUT2D eigenvalue weighted by Gasteiger charge is -2.25. The largest absolute Gasteiger partial charge is 0.496 e. The third-order valence-corrected chi connectivity index (χ3v) is 6.64. The van der Waals surface area contributed by atoms with Crippen LogP contribution >= 0.6 is 11.6 Å². The van der Waals surface area contributed by atoms with Crippen LogP contribution in [0.3, 0.4) is 0 Å². The van der Waals surface area contributed by atoms with Gasteiger partial charge in [-0.15, -0.1) is 0 Å². The fraction of sp³-hybridized carbons (Fsp3) is 0.240. The summed E-state index contributed by atoms with van der Waals surface area (Å²) in [6.45, 7) is 0.360. The van der Waals surface area contributed by atoms with E-state index in [1.165, 1.54) is 4.90 Å². The quantitative estimate of drug-likeness (QED) is 0.601. The molecule has 0 unspecified atom stereocenters. The van der Waals surface area contributed by atoms with Crippen molar-refractivity contribution in [3.63, 3.8) is 0 Å². The highest BCUT2D eigenvalue weighted by molar-refractivity contribution is 6.31. The van der Waals surface area contributed by atoms with Gasteiger partial charge in [-0.25, -0.2) is 0 Å². The predicted octanol–water partition coefficient (Wildman–Crippen LogP) is 3.32. The first-order valence-corrected chi connectivity index (χ1v) is 11.3. The molecule has 0 bridgehead atoms. The van der Waals surface area contributed by atoms with Gasteiger partial charge in [0, 0.05) is 30.4 Å². The van der Waals surface area contributed by atoms with Crippen LogP contribution in [0.15, 0.2) is 54.7 Å². The van der Waals surface area contributed by atoms with E-state index in [1.807, 2.05) is 6.07 Å². The van der Waals surface area contributed by atoms with Crippen LogP contribution in [0.5, 0.6) is 5.75 Å². The number of carbonyl (C=O) groups excluding carboxylic acids is 3. The minimum Gasteiger partial charge on any atom is -0.496 e. The number of rotatable bonds is 4. The van der Waals surface area contributed by atoms with Crippen molar-refractivity contribution >= 4 is 35.0 Å². The van der Waals surface area contributed by atoms with Crippen LogP contribution in [-0.2, 0) is 11.8 Å². The zero-order chi connectivity index (χ0) is 24.0. The number of amides is 3. The van der Waals surface area contributed by atoms with E-state index in [2.05, 4.69) is 10.6 Å². The van der Waals surface area contributed by atoms with E-state index in [1.54, 1.807) is 67.4 Å². The molecule has 9 heteroatoms. The molecule has 34 heavy (non-hydrogen) atoms. The summed E-state index contributed by atoms with van der Waals surface area (Å²) in [6, 6.07) is 12.7. The number of ether oxygens (including phenoxy) is 1. The standard InChI is InChI=1S/C25H23ClN4O4/c1-29-10-3-4-20(29)23(31)28-19-9-11-30-22(19)24(32)27-18-7-5-14(12-17(18)25(30)33)16-13-15(26)6-8-21(16)34-2/h3-8,10,12-13,19,22H,9,11H2,1-2H3,(H,27,32)(H,28,31)/t19-,22-/m0/s1. The van der Waals surface area contributed by atoms with Gasteiger partial charge in [-0.1, -0.05) is 17.7 Å². The first kappa shape index (κ1) is 22.0. The number of halogens is 1. The van der Waals surface area contributed by atoms with Gasteiger partial charge >= 0.3 is 0 Å². The summed E-state index contributed by atoms with van der Waals surface area (Å²) >= 11 is 6.19. The van der Waals surface area contributed by atoms with E-state index in [-0.39, 0.29) is 17.7 Å². The molecule has 174 valence electrons. The van der Waals surface area contributed by atoms with Gasteiger partial charge in [0.05, 0.1) is 24.4 Å². The molecule has 2 aliphatic rings. The second kappa shape index (κ2) is 8.53. The second-order valence-corrected chi connectivity index (χ2v) is 8.85. The Kier molecular flexibility index (Phi) is 5.53. The molecule has 0 radical (unpaired) electrons. The molecule has 2 N–H and O–H groups in total. The van der Waals surface area contributed by atoms with Gasteiger partial charge in [-0.2, -0.15) is 0 Å². The van der Waals surface area contributed by atoms with Gasteiger partial charge in [0.25, 0.3) is 11.8 Å². The minimum atomic E-state index is -0.798. The van der Waals surface area contributed by atoms with E-state index in [4.69, 9.17) is 16.3 Å². The molecule has 3 aromatic rings. The number of anilines is 1. The molecule has 5 rings (SSSR count). The highest BCUT2D eigenvalue weighted by Gasteiger charge is 2.45. The second-order valence-electron chi connectivity index (χ2n) is 8.41. The number of hydrogen-bond acceptors (Lipinski definition) is 4. The van der Waals surface area contributed by atoms with Gasteiger partial charge < -0.3 is 24.8 Å². The first-order chi connectivity index (χ1) is 16.4. The molecule has 8 nitrogen and oxygen atoms in total. The number of hydrogen-bond donors (Lipinski definition) is 2. The molecule has 3 heterocycles. The van der Waals surface area contributed by atoms with Crippen molar-refractivity contribution in [2.24, 2.45) is 7.05 Å². The van der Waals surface area contributed by atoms with E-state index in [0.29, 0.717) is 40.7 Å². The summed E-state index contributed by atoms with van der Waals surface area (Å²) in [5.74, 6) is -0.250. The van der Waals surface area contributed by atoms with Crippen molar-refractivity contribution in [2.75, 3.05) is 19.0 Å². The summed E-state index contributed by atoms with van der Waals surface area (Å²) in [5.41, 5.74) is 2.78. The Bertz CT molecular complexity index is 1320. The van der Waals surface area contributed by atoms with Crippen molar-refractivity contribution in [3.05, 3.63) is 71.0 Å². The fourth-order valence-corrected chi connectivity index (χ4v) is 4.87. The summed E-state index contributed by atoms with van der Waals surface area (Å²) in [4.78, 5) is 41.0. The Balaban J connectivity index is 1.46. The number of nitrogens with one attached hydrogen (secondary N) is 2. The van der Waals surface area contributed by atoms with Gasteiger partial charge in [-0.3, -0.25) is 14.4 Å². The summed E-state index contributed by atoms with van der Waals surface area (Å²) < 4.78 is 7.17. The normalized spacial score (nSPS) is 19.2. The molecule has 3 amide bonds. The van der Waals surface area contributed by atoms with E-state index in [9.17, 15) is 14.4 Å². The Morgan fingerprint density at radius 1 is 1.15 bits per heavy atom. The molecule has 0 aliphatic carbocycles. The number of aryl methyl sites for hydroxylation is 1. The van der Waals surface area contributed by atoms with Crippen LogP contribution in [-0.4, -0.2) is 52.9 Å². The van der Waals surface area contributed by atoms with Crippen LogP contribution in [0.4, 0.5) is 5.69 Å². The van der Waals surface area contributed by atoms with Crippen molar-refractivity contribution < 1.29 is 19.1 Å². The smallest absolute Gasteiger partial charge is 0.268 e. The molecular formula is C25H23ClN4O4. The van der Waals surface area contributed by atoms with Crippen LogP contribution in [0, 0.1) is 0 Å². The average Bonchev–Trinajstić information content (AvgIpc) is 3.42. The molecule has 0 saturated carbocycles. The van der Waals surface area contributed by atoms with Gasteiger partial charge in [0.15, 0.2) is 0 Å². The summed E-state index contributed by atoms with van der Waals surface area (Å²) in [6.07, 6.45) is 2.26. The van der Waals surface area contributed by atoms with Gasteiger partial charge in [0.2, 0.25) is 5.91 Å². The van der Waals surface area contributed by atoms with Crippen molar-refractivity contribution in [2.45, 2.75) is 18.5 Å². The SMILES string of the molecule is COc1ccc(Cl)cc1-c1ccc2c(c1)C(=O)N1CC[C@H](NC(=O)c3cccn3C)[C@H]1C(=O)N2. The Labute approximate surface area is 201 Å². The number of methoxy groups -OCH3 is 1. The molecule has 1 saturated heterocycles. The molecule has 2 aliphatic heterocycles. The van der Waals surface area contributed by atoms with Crippen molar-refractivity contribution in [1.29, 1.82) is 0 Å². The first-order valence-electron chi connectivity index (χ1n) is 10.9. The lowest BCUT2D eigenvalue weighted by atomic mass is 10.0. The van der Waals surface area contributed by atoms with Gasteiger partial charge in [-0.05, 0) is 54.4 Å². The third-order valence-electron chi connectivity index (χ3n) is 6.40.